The second kappa shape index (κ2) is 10.2. The maximum atomic E-state index is 13.7. The number of hydrogen-bond donors (Lipinski definition) is 0. The van der Waals surface area contributed by atoms with Crippen LogP contribution in [0, 0.1) is 6.92 Å². The van der Waals surface area contributed by atoms with Gasteiger partial charge in [0.2, 0.25) is 0 Å². The molecule has 38 heavy (non-hydrogen) atoms. The Hall–Kier alpha value is -3.76. The zero-order valence-electron chi connectivity index (χ0n) is 20.4. The summed E-state index contributed by atoms with van der Waals surface area (Å²) in [6.07, 6.45) is 0.649. The number of nitrogens with zero attached hydrogens (tertiary/aromatic N) is 5. The number of pyridine rings is 3. The zero-order valence-corrected chi connectivity index (χ0v) is 20.4. The van der Waals surface area contributed by atoms with E-state index in [0.717, 1.165) is 6.07 Å². The van der Waals surface area contributed by atoms with E-state index in [1.165, 1.54) is 41.5 Å². The van der Waals surface area contributed by atoms with Gasteiger partial charge in [-0.1, -0.05) is 0 Å². The lowest BCUT2D eigenvalue weighted by atomic mass is 9.76. The molecule has 4 aromatic rings. The van der Waals surface area contributed by atoms with Crippen LogP contribution in [0.2, 0.25) is 0 Å². The molecular formula is C27H24F5N5O. The van der Waals surface area contributed by atoms with Crippen LogP contribution in [0.1, 0.15) is 77.6 Å². The van der Waals surface area contributed by atoms with Crippen molar-refractivity contribution in [1.82, 2.24) is 24.5 Å². The Morgan fingerprint density at radius 2 is 1.71 bits per heavy atom. The number of halogens is 5. The minimum absolute atomic E-state index is 0.0296. The van der Waals surface area contributed by atoms with Crippen molar-refractivity contribution in [2.75, 3.05) is 0 Å². The van der Waals surface area contributed by atoms with Crippen molar-refractivity contribution in [3.05, 3.63) is 93.0 Å². The fraction of sp³-hybridized carbons (Fsp3) is 0.370. The van der Waals surface area contributed by atoms with Gasteiger partial charge in [-0.25, -0.2) is 13.8 Å². The fourth-order valence-electron chi connectivity index (χ4n) is 5.32. The Morgan fingerprint density at radius 3 is 2.39 bits per heavy atom. The molecule has 0 amide bonds. The molecule has 11 heteroatoms. The minimum Gasteiger partial charge on any atom is -0.285 e. The lowest BCUT2D eigenvalue weighted by Gasteiger charge is -2.30. The van der Waals surface area contributed by atoms with Gasteiger partial charge in [0.1, 0.15) is 5.52 Å². The van der Waals surface area contributed by atoms with Gasteiger partial charge in [0, 0.05) is 35.9 Å². The van der Waals surface area contributed by atoms with E-state index >= 15 is 0 Å². The number of alkyl halides is 5. The Kier molecular flexibility index (Phi) is 6.93. The van der Waals surface area contributed by atoms with Crippen molar-refractivity contribution >= 4 is 11.2 Å². The molecule has 1 aliphatic rings. The van der Waals surface area contributed by atoms with Crippen LogP contribution in [-0.2, 0) is 12.7 Å². The first-order valence-electron chi connectivity index (χ1n) is 12.2. The first kappa shape index (κ1) is 25.9. The molecule has 6 nitrogen and oxygen atoms in total. The van der Waals surface area contributed by atoms with Crippen LogP contribution in [0.25, 0.3) is 11.2 Å². The SMILES string of the molecule is Cc1cnc2cc(C3CCC(c4cnccc4C(F)F)CC3)c(=O)n(Cc3ncccc3C(F)(F)F)c2n1. The van der Waals surface area contributed by atoms with Crippen LogP contribution in [0.3, 0.4) is 0 Å². The molecule has 0 unspecified atom stereocenters. The molecule has 0 bridgehead atoms. The van der Waals surface area contributed by atoms with E-state index in [-0.39, 0.29) is 28.7 Å². The lowest BCUT2D eigenvalue weighted by molar-refractivity contribution is -0.138. The lowest BCUT2D eigenvalue weighted by Crippen LogP contribution is -2.29. The van der Waals surface area contributed by atoms with Crippen molar-refractivity contribution in [1.29, 1.82) is 0 Å². The Balaban J connectivity index is 1.51. The van der Waals surface area contributed by atoms with Crippen molar-refractivity contribution < 1.29 is 22.0 Å². The first-order chi connectivity index (χ1) is 18.1. The summed E-state index contributed by atoms with van der Waals surface area (Å²) in [5.74, 6) is -0.313. The predicted octanol–water partition coefficient (Wildman–Crippen LogP) is 6.34. The van der Waals surface area contributed by atoms with E-state index < -0.39 is 30.3 Å². The summed E-state index contributed by atoms with van der Waals surface area (Å²) in [6.45, 7) is 1.27. The summed E-state index contributed by atoms with van der Waals surface area (Å²) >= 11 is 0. The third-order valence-corrected chi connectivity index (χ3v) is 7.17. The maximum absolute atomic E-state index is 13.7. The average Bonchev–Trinajstić information content (AvgIpc) is 2.90. The molecule has 0 spiro atoms. The van der Waals surface area contributed by atoms with Crippen molar-refractivity contribution in [2.45, 2.75) is 63.6 Å². The minimum atomic E-state index is -4.63. The standard InChI is InChI=1S/C27H24F5N5O/c1-15-12-35-22-11-19(16-4-6-17(7-5-16)20-13-33-10-8-18(20)24(28)29)26(38)37(25(22)36-15)14-23-21(27(30,31)32)3-2-9-34-23/h2-3,8-13,16-17,24H,4-7,14H2,1H3. The zero-order chi connectivity index (χ0) is 27.0. The summed E-state index contributed by atoms with van der Waals surface area (Å²) < 4.78 is 69.2. The second-order valence-corrected chi connectivity index (χ2v) is 9.56. The van der Waals surface area contributed by atoms with Crippen molar-refractivity contribution in [3.63, 3.8) is 0 Å². The molecule has 0 radical (unpaired) electrons. The summed E-state index contributed by atoms with van der Waals surface area (Å²) in [4.78, 5) is 30.5. The maximum Gasteiger partial charge on any atom is 0.418 e. The van der Waals surface area contributed by atoms with Gasteiger partial charge in [-0.15, -0.1) is 0 Å². The van der Waals surface area contributed by atoms with E-state index in [1.54, 1.807) is 13.0 Å². The van der Waals surface area contributed by atoms with Gasteiger partial charge in [0.15, 0.2) is 5.65 Å². The Bertz CT molecular complexity index is 1530. The summed E-state index contributed by atoms with van der Waals surface area (Å²) in [5, 5.41) is 0. The third-order valence-electron chi connectivity index (χ3n) is 7.17. The van der Waals surface area contributed by atoms with Crippen LogP contribution >= 0.6 is 0 Å². The molecule has 1 fully saturated rings. The van der Waals surface area contributed by atoms with Gasteiger partial charge in [-0.05, 0) is 74.3 Å². The Morgan fingerprint density at radius 1 is 1.00 bits per heavy atom. The van der Waals surface area contributed by atoms with Gasteiger partial charge < -0.3 is 0 Å². The number of fused-ring (bicyclic) bond motifs is 1. The molecule has 5 rings (SSSR count). The smallest absolute Gasteiger partial charge is 0.285 e. The van der Waals surface area contributed by atoms with Gasteiger partial charge in [0.05, 0.1) is 23.5 Å². The van der Waals surface area contributed by atoms with Crippen LogP contribution in [0.4, 0.5) is 22.0 Å². The van der Waals surface area contributed by atoms with E-state index in [9.17, 15) is 26.7 Å². The number of aromatic nitrogens is 5. The highest BCUT2D eigenvalue weighted by molar-refractivity contribution is 5.71. The predicted molar refractivity (Wildman–Crippen MR) is 130 cm³/mol. The number of aryl methyl sites for hydroxylation is 1. The normalized spacial score (nSPS) is 18.3. The largest absolute Gasteiger partial charge is 0.418 e. The van der Waals surface area contributed by atoms with Gasteiger partial charge in [-0.2, -0.15) is 13.2 Å². The molecule has 4 heterocycles. The van der Waals surface area contributed by atoms with E-state index in [1.807, 2.05) is 0 Å². The molecule has 4 aromatic heterocycles. The Labute approximate surface area is 214 Å². The van der Waals surface area contributed by atoms with E-state index in [0.29, 0.717) is 48.0 Å². The summed E-state index contributed by atoms with van der Waals surface area (Å²) in [7, 11) is 0. The van der Waals surface area contributed by atoms with Crippen LogP contribution in [-0.4, -0.2) is 24.5 Å². The van der Waals surface area contributed by atoms with E-state index in [2.05, 4.69) is 19.9 Å². The summed E-state index contributed by atoms with van der Waals surface area (Å²) in [6, 6.07) is 5.13. The third kappa shape index (κ3) is 5.01. The van der Waals surface area contributed by atoms with E-state index in [4.69, 9.17) is 0 Å². The molecular weight excluding hydrogens is 505 g/mol. The second-order valence-electron chi connectivity index (χ2n) is 9.56. The van der Waals surface area contributed by atoms with Gasteiger partial charge >= 0.3 is 6.18 Å². The van der Waals surface area contributed by atoms with Crippen LogP contribution < -0.4 is 5.56 Å². The molecule has 1 aliphatic carbocycles. The molecule has 0 N–H and O–H groups in total. The molecule has 0 saturated heterocycles. The molecule has 198 valence electrons. The quantitative estimate of drug-likeness (QED) is 0.282. The number of rotatable bonds is 5. The number of hydrogen-bond acceptors (Lipinski definition) is 5. The van der Waals surface area contributed by atoms with Crippen LogP contribution in [0.5, 0.6) is 0 Å². The molecule has 1 saturated carbocycles. The van der Waals surface area contributed by atoms with Crippen molar-refractivity contribution in [2.24, 2.45) is 0 Å². The molecule has 0 aromatic carbocycles. The average molecular weight is 530 g/mol. The molecule has 0 atom stereocenters. The highest BCUT2D eigenvalue weighted by Crippen LogP contribution is 2.42. The monoisotopic (exact) mass is 529 g/mol. The highest BCUT2D eigenvalue weighted by atomic mass is 19.4. The first-order valence-corrected chi connectivity index (χ1v) is 12.2. The summed E-state index contributed by atoms with van der Waals surface area (Å²) in [5.41, 5.74) is 0.357. The highest BCUT2D eigenvalue weighted by Gasteiger charge is 2.34. The topological polar surface area (TPSA) is 73.6 Å². The fourth-order valence-corrected chi connectivity index (χ4v) is 5.32. The van der Waals surface area contributed by atoms with Crippen LogP contribution in [0.15, 0.2) is 53.8 Å². The van der Waals surface area contributed by atoms with Gasteiger partial charge in [-0.3, -0.25) is 24.3 Å². The molecule has 0 aliphatic heterocycles. The van der Waals surface area contributed by atoms with Gasteiger partial charge in [0.25, 0.3) is 12.0 Å². The van der Waals surface area contributed by atoms with Crippen molar-refractivity contribution in [3.8, 4) is 0 Å².